The predicted octanol–water partition coefficient (Wildman–Crippen LogP) is 2.89. The molecule has 2 amide bonds. The Morgan fingerprint density at radius 2 is 1.67 bits per heavy atom. The molecule has 0 aromatic heterocycles. The fourth-order valence-corrected chi connectivity index (χ4v) is 3.14. The van der Waals surface area contributed by atoms with Crippen molar-refractivity contribution in [2.45, 2.75) is 52.6 Å². The zero-order chi connectivity index (χ0) is 20.0. The maximum absolute atomic E-state index is 12.5. The molecule has 1 aromatic carbocycles. The number of hydrogen-bond acceptors (Lipinski definition) is 4. The van der Waals surface area contributed by atoms with E-state index in [2.05, 4.69) is 29.4 Å². The minimum Gasteiger partial charge on any atom is -0.497 e. The summed E-state index contributed by atoms with van der Waals surface area (Å²) in [5.41, 5.74) is 0.754. The lowest BCUT2D eigenvalue weighted by atomic mass is 9.94. The second kappa shape index (κ2) is 9.74. The summed E-state index contributed by atoms with van der Waals surface area (Å²) >= 11 is 0. The summed E-state index contributed by atoms with van der Waals surface area (Å²) in [5, 5.41) is 6.06. The Morgan fingerprint density at radius 1 is 1.07 bits per heavy atom. The Kier molecular flexibility index (Phi) is 7.66. The first-order valence-corrected chi connectivity index (χ1v) is 9.81. The Balaban J connectivity index is 1.81. The van der Waals surface area contributed by atoms with Gasteiger partial charge in [-0.15, -0.1) is 0 Å². The van der Waals surface area contributed by atoms with E-state index in [1.165, 1.54) is 0 Å². The molecule has 150 valence electrons. The van der Waals surface area contributed by atoms with E-state index in [1.54, 1.807) is 7.11 Å². The molecule has 2 N–H and O–H groups in total. The van der Waals surface area contributed by atoms with Crippen molar-refractivity contribution in [3.05, 3.63) is 24.3 Å². The van der Waals surface area contributed by atoms with Crippen molar-refractivity contribution in [1.82, 2.24) is 10.2 Å². The molecule has 0 saturated carbocycles. The highest BCUT2D eigenvalue weighted by molar-refractivity contribution is 5.94. The maximum atomic E-state index is 12.5. The van der Waals surface area contributed by atoms with E-state index in [0.29, 0.717) is 5.92 Å². The molecule has 1 fully saturated rings. The first-order chi connectivity index (χ1) is 12.8. The molecule has 0 radical (unpaired) electrons. The topological polar surface area (TPSA) is 70.7 Å². The van der Waals surface area contributed by atoms with Crippen LogP contribution in [0.25, 0.3) is 0 Å². The molecule has 6 nitrogen and oxygen atoms in total. The van der Waals surface area contributed by atoms with E-state index in [0.717, 1.165) is 37.4 Å². The third-order valence-corrected chi connectivity index (χ3v) is 5.55. The van der Waals surface area contributed by atoms with Gasteiger partial charge in [-0.3, -0.25) is 14.5 Å². The van der Waals surface area contributed by atoms with Crippen LogP contribution in [-0.4, -0.2) is 49.0 Å². The highest BCUT2D eigenvalue weighted by Gasteiger charge is 2.30. The third-order valence-electron chi connectivity index (χ3n) is 5.55. The fourth-order valence-electron chi connectivity index (χ4n) is 3.14. The van der Waals surface area contributed by atoms with Gasteiger partial charge in [0.05, 0.1) is 13.2 Å². The predicted molar refractivity (Wildman–Crippen MR) is 108 cm³/mol. The first-order valence-electron chi connectivity index (χ1n) is 9.81. The van der Waals surface area contributed by atoms with Crippen LogP contribution in [0.15, 0.2) is 24.3 Å². The van der Waals surface area contributed by atoms with Gasteiger partial charge in [-0.1, -0.05) is 13.8 Å². The summed E-state index contributed by atoms with van der Waals surface area (Å²) in [6, 6.07) is 7.26. The number of ether oxygens (including phenoxy) is 1. The SMILES string of the molecule is COc1ccc(NC(=O)C(C)N2CCC(C(=O)NC(C)C(C)C)CC2)cc1. The molecule has 6 heteroatoms. The van der Waals surface area contributed by atoms with Crippen LogP contribution in [0, 0.1) is 11.8 Å². The number of amides is 2. The van der Waals surface area contributed by atoms with E-state index >= 15 is 0 Å². The zero-order valence-corrected chi connectivity index (χ0v) is 17.1. The van der Waals surface area contributed by atoms with E-state index in [1.807, 2.05) is 38.1 Å². The molecule has 2 rings (SSSR count). The van der Waals surface area contributed by atoms with Gasteiger partial charge in [0.15, 0.2) is 0 Å². The van der Waals surface area contributed by atoms with Gasteiger partial charge in [-0.2, -0.15) is 0 Å². The third kappa shape index (κ3) is 5.96. The van der Waals surface area contributed by atoms with Crippen molar-refractivity contribution in [2.24, 2.45) is 11.8 Å². The number of piperidine rings is 1. The molecule has 1 aliphatic heterocycles. The van der Waals surface area contributed by atoms with Gasteiger partial charge in [0.25, 0.3) is 0 Å². The lowest BCUT2D eigenvalue weighted by Gasteiger charge is -2.35. The molecule has 2 atom stereocenters. The number of carbonyl (C=O) groups excluding carboxylic acids is 2. The quantitative estimate of drug-likeness (QED) is 0.769. The highest BCUT2D eigenvalue weighted by Crippen LogP contribution is 2.21. The van der Waals surface area contributed by atoms with Crippen molar-refractivity contribution in [3.63, 3.8) is 0 Å². The molecular weight excluding hydrogens is 342 g/mol. The molecule has 0 spiro atoms. The van der Waals surface area contributed by atoms with Crippen molar-refractivity contribution in [3.8, 4) is 5.75 Å². The summed E-state index contributed by atoms with van der Waals surface area (Å²) in [7, 11) is 1.61. The summed E-state index contributed by atoms with van der Waals surface area (Å²) in [5.74, 6) is 1.34. The van der Waals surface area contributed by atoms with Gasteiger partial charge in [-0.25, -0.2) is 0 Å². The number of anilines is 1. The van der Waals surface area contributed by atoms with Crippen LogP contribution in [0.1, 0.15) is 40.5 Å². The Hall–Kier alpha value is -2.08. The first kappa shape index (κ1) is 21.2. The van der Waals surface area contributed by atoms with E-state index < -0.39 is 0 Å². The molecule has 1 aromatic rings. The van der Waals surface area contributed by atoms with Crippen LogP contribution in [0.4, 0.5) is 5.69 Å². The van der Waals surface area contributed by atoms with Crippen LogP contribution >= 0.6 is 0 Å². The fraction of sp³-hybridized carbons (Fsp3) is 0.619. The summed E-state index contributed by atoms with van der Waals surface area (Å²) in [6.07, 6.45) is 1.58. The van der Waals surface area contributed by atoms with E-state index in [4.69, 9.17) is 4.74 Å². The average molecular weight is 376 g/mol. The summed E-state index contributed by atoms with van der Waals surface area (Å²) < 4.78 is 5.13. The van der Waals surface area contributed by atoms with Gasteiger partial charge in [0.1, 0.15) is 5.75 Å². The van der Waals surface area contributed by atoms with Crippen LogP contribution in [0.2, 0.25) is 0 Å². The van der Waals surface area contributed by atoms with E-state index in [-0.39, 0.29) is 29.8 Å². The van der Waals surface area contributed by atoms with Gasteiger partial charge in [0.2, 0.25) is 11.8 Å². The van der Waals surface area contributed by atoms with Crippen LogP contribution in [0.5, 0.6) is 5.75 Å². The Bertz CT molecular complexity index is 622. The highest BCUT2D eigenvalue weighted by atomic mass is 16.5. The van der Waals surface area contributed by atoms with Gasteiger partial charge in [0, 0.05) is 17.6 Å². The van der Waals surface area contributed by atoms with Crippen molar-refractivity contribution < 1.29 is 14.3 Å². The molecule has 1 aliphatic rings. The number of carbonyl (C=O) groups is 2. The monoisotopic (exact) mass is 375 g/mol. The van der Waals surface area contributed by atoms with Gasteiger partial charge >= 0.3 is 0 Å². The molecule has 0 bridgehead atoms. The Morgan fingerprint density at radius 3 is 2.19 bits per heavy atom. The standard InChI is InChI=1S/C21H33N3O3/c1-14(2)15(3)22-21(26)17-10-12-24(13-11-17)16(4)20(25)23-18-6-8-19(27-5)9-7-18/h6-9,14-17H,10-13H2,1-5H3,(H,22,26)(H,23,25). The smallest absolute Gasteiger partial charge is 0.241 e. The minimum absolute atomic E-state index is 0.0310. The van der Waals surface area contributed by atoms with E-state index in [9.17, 15) is 9.59 Å². The van der Waals surface area contributed by atoms with Crippen LogP contribution < -0.4 is 15.4 Å². The average Bonchev–Trinajstić information content (AvgIpc) is 2.67. The minimum atomic E-state index is -0.231. The van der Waals surface area contributed by atoms with Crippen molar-refractivity contribution >= 4 is 17.5 Å². The maximum Gasteiger partial charge on any atom is 0.241 e. The molecular formula is C21H33N3O3. The van der Waals surface area contributed by atoms with Crippen LogP contribution in [-0.2, 0) is 9.59 Å². The number of nitrogens with zero attached hydrogens (tertiary/aromatic N) is 1. The zero-order valence-electron chi connectivity index (χ0n) is 17.1. The van der Waals surface area contributed by atoms with Crippen molar-refractivity contribution in [1.29, 1.82) is 0 Å². The van der Waals surface area contributed by atoms with Crippen LogP contribution in [0.3, 0.4) is 0 Å². The molecule has 27 heavy (non-hydrogen) atoms. The number of hydrogen-bond donors (Lipinski definition) is 2. The Labute approximate surface area is 162 Å². The molecule has 1 heterocycles. The molecule has 0 aliphatic carbocycles. The van der Waals surface area contributed by atoms with Crippen molar-refractivity contribution in [2.75, 3.05) is 25.5 Å². The summed E-state index contributed by atoms with van der Waals surface area (Å²) in [4.78, 5) is 27.1. The number of likely N-dealkylation sites (tertiary alicyclic amines) is 1. The second-order valence-corrected chi connectivity index (χ2v) is 7.75. The molecule has 2 unspecified atom stereocenters. The summed E-state index contributed by atoms with van der Waals surface area (Å²) in [6.45, 7) is 9.69. The van der Waals surface area contributed by atoms with Gasteiger partial charge in [-0.05, 0) is 70.0 Å². The number of rotatable bonds is 7. The normalized spacial score (nSPS) is 18.0. The largest absolute Gasteiger partial charge is 0.497 e. The lowest BCUT2D eigenvalue weighted by molar-refractivity contribution is -0.128. The number of nitrogens with one attached hydrogen (secondary N) is 2. The molecule has 1 saturated heterocycles. The number of methoxy groups -OCH3 is 1. The number of benzene rings is 1. The second-order valence-electron chi connectivity index (χ2n) is 7.75. The lowest BCUT2D eigenvalue weighted by Crippen LogP contribution is -2.49. The van der Waals surface area contributed by atoms with Gasteiger partial charge < -0.3 is 15.4 Å².